The zero-order valence-corrected chi connectivity index (χ0v) is 17.3. The highest BCUT2D eigenvalue weighted by molar-refractivity contribution is 7.99. The van der Waals surface area contributed by atoms with Crippen molar-refractivity contribution in [2.45, 2.75) is 23.9 Å². The van der Waals surface area contributed by atoms with Gasteiger partial charge in [0.1, 0.15) is 0 Å². The van der Waals surface area contributed by atoms with Crippen LogP contribution in [0.25, 0.3) is 28.2 Å². The molecule has 0 spiro atoms. The number of nitrogens with zero attached hydrogens (tertiary/aromatic N) is 6. The van der Waals surface area contributed by atoms with E-state index in [-0.39, 0.29) is 0 Å². The molecular weight excluding hydrogens is 392 g/mol. The Bertz CT molecular complexity index is 1330. The summed E-state index contributed by atoms with van der Waals surface area (Å²) in [6.45, 7) is 4.06. The average molecular weight is 411 g/mol. The van der Waals surface area contributed by atoms with E-state index in [0.29, 0.717) is 5.16 Å². The zero-order chi connectivity index (χ0) is 20.5. The lowest BCUT2D eigenvalue weighted by molar-refractivity contribution is 0.847. The fraction of sp³-hybridized carbons (Fsp3) is 0.0870. The molecule has 0 unspecified atom stereocenters. The molecule has 0 bridgehead atoms. The maximum absolute atomic E-state index is 4.78. The molecule has 7 heteroatoms. The highest BCUT2D eigenvalue weighted by Gasteiger charge is 2.15. The zero-order valence-electron chi connectivity index (χ0n) is 16.5. The summed E-state index contributed by atoms with van der Waals surface area (Å²) in [4.78, 5) is 19.1. The van der Waals surface area contributed by atoms with Gasteiger partial charge in [-0.25, -0.2) is 19.5 Å². The highest BCUT2D eigenvalue weighted by atomic mass is 32.2. The Morgan fingerprint density at radius 3 is 2.47 bits per heavy atom. The van der Waals surface area contributed by atoms with E-state index in [9.17, 15) is 0 Å². The van der Waals surface area contributed by atoms with Crippen molar-refractivity contribution < 1.29 is 0 Å². The van der Waals surface area contributed by atoms with E-state index in [2.05, 4.69) is 29.0 Å². The first-order valence-electron chi connectivity index (χ1n) is 9.53. The van der Waals surface area contributed by atoms with Gasteiger partial charge in [0, 0.05) is 35.8 Å². The number of fused-ring (bicyclic) bond motifs is 1. The number of hydrogen-bond donors (Lipinski definition) is 0. The van der Waals surface area contributed by atoms with Crippen molar-refractivity contribution in [2.24, 2.45) is 0 Å². The van der Waals surface area contributed by atoms with Gasteiger partial charge in [-0.2, -0.15) is 5.10 Å². The van der Waals surface area contributed by atoms with Crippen LogP contribution in [-0.4, -0.2) is 29.5 Å². The van der Waals surface area contributed by atoms with Gasteiger partial charge in [-0.3, -0.25) is 4.98 Å². The molecule has 30 heavy (non-hydrogen) atoms. The third-order valence-electron chi connectivity index (χ3n) is 4.80. The van der Waals surface area contributed by atoms with Crippen LogP contribution in [0.1, 0.15) is 11.4 Å². The molecule has 6 nitrogen and oxygen atoms in total. The van der Waals surface area contributed by atoms with Gasteiger partial charge >= 0.3 is 0 Å². The topological polar surface area (TPSA) is 68.9 Å². The van der Waals surface area contributed by atoms with E-state index < -0.39 is 0 Å². The molecule has 4 aromatic heterocycles. The van der Waals surface area contributed by atoms with Crippen LogP contribution >= 0.6 is 11.8 Å². The van der Waals surface area contributed by atoms with Gasteiger partial charge in [-0.1, -0.05) is 30.3 Å². The standard InChI is InChI=1S/C23H18N6S/c1-15-22(30-23-25-12-10-19(27-23)18-9-6-11-24-14-18)16(2)29-21(26-15)13-20(28-29)17-7-4-3-5-8-17/h3-14H,1-2H3. The van der Waals surface area contributed by atoms with E-state index in [0.717, 1.165) is 44.4 Å². The van der Waals surface area contributed by atoms with Crippen LogP contribution in [0.15, 0.2) is 83.2 Å². The van der Waals surface area contributed by atoms with Gasteiger partial charge in [0.15, 0.2) is 10.8 Å². The van der Waals surface area contributed by atoms with Crippen molar-refractivity contribution in [3.05, 3.63) is 84.6 Å². The molecule has 0 radical (unpaired) electrons. The number of aryl methyl sites for hydroxylation is 2. The van der Waals surface area contributed by atoms with Crippen molar-refractivity contribution in [3.8, 4) is 22.5 Å². The third kappa shape index (κ3) is 3.44. The Balaban J connectivity index is 1.54. The van der Waals surface area contributed by atoms with Crippen molar-refractivity contribution >= 4 is 17.4 Å². The van der Waals surface area contributed by atoms with E-state index in [1.54, 1.807) is 18.6 Å². The van der Waals surface area contributed by atoms with Crippen molar-refractivity contribution in [1.82, 2.24) is 29.5 Å². The Kier molecular flexibility index (Phi) is 4.72. The van der Waals surface area contributed by atoms with Crippen LogP contribution in [0.3, 0.4) is 0 Å². The lowest BCUT2D eigenvalue weighted by Crippen LogP contribution is -2.02. The molecule has 146 valence electrons. The lowest BCUT2D eigenvalue weighted by Gasteiger charge is -2.10. The number of hydrogen-bond acceptors (Lipinski definition) is 6. The first-order chi connectivity index (χ1) is 14.7. The fourth-order valence-corrected chi connectivity index (χ4v) is 4.20. The molecule has 0 N–H and O–H groups in total. The Hall–Kier alpha value is -3.58. The molecule has 0 saturated heterocycles. The second-order valence-electron chi connectivity index (χ2n) is 6.85. The van der Waals surface area contributed by atoms with E-state index in [1.807, 2.05) is 53.9 Å². The smallest absolute Gasteiger partial charge is 0.193 e. The quantitative estimate of drug-likeness (QED) is 0.388. The average Bonchev–Trinajstić information content (AvgIpc) is 3.22. The molecule has 5 aromatic rings. The number of rotatable bonds is 4. The van der Waals surface area contributed by atoms with E-state index in [1.165, 1.54) is 11.8 Å². The molecule has 0 aliphatic carbocycles. The van der Waals surface area contributed by atoms with Crippen LogP contribution < -0.4 is 0 Å². The van der Waals surface area contributed by atoms with Crippen molar-refractivity contribution in [1.29, 1.82) is 0 Å². The number of benzene rings is 1. The Morgan fingerprint density at radius 1 is 0.833 bits per heavy atom. The molecule has 5 rings (SSSR count). The summed E-state index contributed by atoms with van der Waals surface area (Å²) < 4.78 is 1.89. The van der Waals surface area contributed by atoms with Gasteiger partial charge in [0.2, 0.25) is 0 Å². The van der Waals surface area contributed by atoms with E-state index >= 15 is 0 Å². The van der Waals surface area contributed by atoms with Gasteiger partial charge in [-0.15, -0.1) is 0 Å². The molecule has 0 saturated carbocycles. The largest absolute Gasteiger partial charge is 0.264 e. The van der Waals surface area contributed by atoms with Gasteiger partial charge in [0.05, 0.1) is 27.7 Å². The first kappa shape index (κ1) is 18.4. The normalized spacial score (nSPS) is 11.1. The number of aromatic nitrogens is 6. The fourth-order valence-electron chi connectivity index (χ4n) is 3.33. The van der Waals surface area contributed by atoms with Crippen LogP contribution in [0.2, 0.25) is 0 Å². The van der Waals surface area contributed by atoms with Gasteiger partial charge in [-0.05, 0) is 43.8 Å². The molecule has 1 aromatic carbocycles. The minimum Gasteiger partial charge on any atom is -0.264 e. The summed E-state index contributed by atoms with van der Waals surface area (Å²) in [5.74, 6) is 0. The van der Waals surface area contributed by atoms with Crippen LogP contribution in [0.5, 0.6) is 0 Å². The minimum absolute atomic E-state index is 0.666. The molecule has 0 aliphatic rings. The van der Waals surface area contributed by atoms with Gasteiger partial charge in [0.25, 0.3) is 0 Å². The number of pyridine rings is 1. The lowest BCUT2D eigenvalue weighted by atomic mass is 10.2. The second kappa shape index (κ2) is 7.68. The maximum atomic E-state index is 4.78. The molecule has 0 atom stereocenters. The second-order valence-corrected chi connectivity index (χ2v) is 7.82. The van der Waals surface area contributed by atoms with Crippen molar-refractivity contribution in [2.75, 3.05) is 0 Å². The van der Waals surface area contributed by atoms with Crippen molar-refractivity contribution in [3.63, 3.8) is 0 Å². The monoisotopic (exact) mass is 410 g/mol. The molecular formula is C23H18N6S. The third-order valence-corrected chi connectivity index (χ3v) is 5.98. The summed E-state index contributed by atoms with van der Waals surface area (Å²) in [7, 11) is 0. The minimum atomic E-state index is 0.666. The Morgan fingerprint density at radius 2 is 1.67 bits per heavy atom. The maximum Gasteiger partial charge on any atom is 0.193 e. The summed E-state index contributed by atoms with van der Waals surface area (Å²) in [5, 5.41) is 5.45. The van der Waals surface area contributed by atoms with Crippen LogP contribution in [-0.2, 0) is 0 Å². The molecule has 0 aliphatic heterocycles. The summed E-state index contributed by atoms with van der Waals surface area (Å²) in [5.41, 5.74) is 6.56. The molecule has 0 fully saturated rings. The summed E-state index contributed by atoms with van der Waals surface area (Å²) in [6.07, 6.45) is 5.33. The van der Waals surface area contributed by atoms with Crippen LogP contribution in [0.4, 0.5) is 0 Å². The van der Waals surface area contributed by atoms with Gasteiger partial charge < -0.3 is 0 Å². The Labute approximate surface area is 178 Å². The van der Waals surface area contributed by atoms with E-state index in [4.69, 9.17) is 15.1 Å². The molecule has 0 amide bonds. The first-order valence-corrected chi connectivity index (χ1v) is 10.3. The summed E-state index contributed by atoms with van der Waals surface area (Å²) >= 11 is 1.50. The predicted molar refractivity (Wildman–Crippen MR) is 117 cm³/mol. The summed E-state index contributed by atoms with van der Waals surface area (Å²) in [6, 6.07) is 17.9. The molecule has 4 heterocycles. The van der Waals surface area contributed by atoms with Crippen LogP contribution in [0, 0.1) is 13.8 Å². The SMILES string of the molecule is Cc1nc2cc(-c3ccccc3)nn2c(C)c1Sc1nccc(-c2cccnc2)n1. The highest BCUT2D eigenvalue weighted by Crippen LogP contribution is 2.32. The predicted octanol–water partition coefficient (Wildman–Crippen LogP) is 5.02.